The lowest BCUT2D eigenvalue weighted by Gasteiger charge is -2.19. The average Bonchev–Trinajstić information content (AvgIpc) is 3.01. The molecule has 17 heavy (non-hydrogen) atoms. The molecule has 94 valence electrons. The first-order valence-corrected chi connectivity index (χ1v) is 6.54. The maximum absolute atomic E-state index is 4.72. The van der Waals surface area contributed by atoms with E-state index < -0.39 is 0 Å². The normalized spacial score (nSPS) is 22.8. The summed E-state index contributed by atoms with van der Waals surface area (Å²) in [4.78, 5) is 13.2. The van der Waals surface area contributed by atoms with Crippen molar-refractivity contribution in [3.63, 3.8) is 0 Å². The molecule has 4 heteroatoms. The Bertz CT molecular complexity index is 297. The third-order valence-corrected chi connectivity index (χ3v) is 3.39. The van der Waals surface area contributed by atoms with Crippen LogP contribution in [0, 0.1) is 0 Å². The molecule has 2 aliphatic rings. The zero-order chi connectivity index (χ0) is 11.9. The highest BCUT2D eigenvalue weighted by Crippen LogP contribution is 2.11. The van der Waals surface area contributed by atoms with Crippen LogP contribution in [-0.4, -0.2) is 55.2 Å². The van der Waals surface area contributed by atoms with Crippen LogP contribution in [0.25, 0.3) is 0 Å². The highest BCUT2D eigenvalue weighted by Gasteiger charge is 2.15. The molecular weight excluding hydrogens is 212 g/mol. The van der Waals surface area contributed by atoms with Crippen LogP contribution in [0.2, 0.25) is 0 Å². The number of hydrogen-bond donors (Lipinski definition) is 0. The Kier molecular flexibility index (Phi) is 4.74. The highest BCUT2D eigenvalue weighted by atomic mass is 15.3. The largest absolute Gasteiger partial charge is 0.357 e. The second-order valence-corrected chi connectivity index (χ2v) is 4.68. The summed E-state index contributed by atoms with van der Waals surface area (Å²) in [6.07, 6.45) is 8.91. The molecule has 0 aromatic heterocycles. The fourth-order valence-electron chi connectivity index (χ4n) is 2.42. The number of aliphatic imine (C=N–C) groups is 2. The number of hydrogen-bond acceptors (Lipinski definition) is 3. The molecule has 0 saturated carbocycles. The smallest absolute Gasteiger partial charge is 0.126 e. The van der Waals surface area contributed by atoms with E-state index in [2.05, 4.69) is 21.5 Å². The first kappa shape index (κ1) is 12.3. The van der Waals surface area contributed by atoms with Gasteiger partial charge in [0.15, 0.2) is 0 Å². The van der Waals surface area contributed by atoms with Crippen LogP contribution in [-0.2, 0) is 0 Å². The summed E-state index contributed by atoms with van der Waals surface area (Å²) >= 11 is 0. The second-order valence-electron chi connectivity index (χ2n) is 4.68. The summed E-state index contributed by atoms with van der Waals surface area (Å²) < 4.78 is 0. The predicted octanol–water partition coefficient (Wildman–Crippen LogP) is 1.75. The van der Waals surface area contributed by atoms with Gasteiger partial charge in [-0.25, -0.2) is 0 Å². The van der Waals surface area contributed by atoms with E-state index in [9.17, 15) is 0 Å². The maximum Gasteiger partial charge on any atom is 0.126 e. The van der Waals surface area contributed by atoms with Crippen LogP contribution in [0.3, 0.4) is 0 Å². The van der Waals surface area contributed by atoms with Crippen molar-refractivity contribution in [2.45, 2.75) is 25.7 Å². The molecule has 2 heterocycles. The van der Waals surface area contributed by atoms with Crippen LogP contribution in [0.4, 0.5) is 0 Å². The maximum atomic E-state index is 4.72. The standard InChI is InChI=1S/C13H22N4/c1-14-7-6-13(17-10-4-5-11-17)15-12-16-8-2-3-9-16/h6-7H,1-5,8-12H2/b7-6-,15-13?. The summed E-state index contributed by atoms with van der Waals surface area (Å²) in [6.45, 7) is 8.94. The summed E-state index contributed by atoms with van der Waals surface area (Å²) in [5.74, 6) is 1.07. The van der Waals surface area contributed by atoms with Gasteiger partial charge in [-0.05, 0) is 51.6 Å². The van der Waals surface area contributed by atoms with Gasteiger partial charge in [0.05, 0.1) is 6.67 Å². The van der Waals surface area contributed by atoms with Gasteiger partial charge in [-0.2, -0.15) is 0 Å². The first-order valence-electron chi connectivity index (χ1n) is 6.54. The summed E-state index contributed by atoms with van der Waals surface area (Å²) in [6, 6.07) is 0. The van der Waals surface area contributed by atoms with Crippen molar-refractivity contribution in [3.8, 4) is 0 Å². The van der Waals surface area contributed by atoms with Gasteiger partial charge in [0, 0.05) is 19.3 Å². The molecule has 0 radical (unpaired) electrons. The van der Waals surface area contributed by atoms with Gasteiger partial charge in [0.25, 0.3) is 0 Å². The predicted molar refractivity (Wildman–Crippen MR) is 72.6 cm³/mol. The topological polar surface area (TPSA) is 31.2 Å². The van der Waals surface area contributed by atoms with E-state index in [4.69, 9.17) is 4.99 Å². The van der Waals surface area contributed by atoms with Crippen molar-refractivity contribution < 1.29 is 0 Å². The Morgan fingerprint density at radius 3 is 2.35 bits per heavy atom. The van der Waals surface area contributed by atoms with Gasteiger partial charge in [-0.3, -0.25) is 14.9 Å². The van der Waals surface area contributed by atoms with Gasteiger partial charge in [0.1, 0.15) is 5.84 Å². The molecule has 0 N–H and O–H groups in total. The minimum absolute atomic E-state index is 0.827. The Morgan fingerprint density at radius 1 is 1.06 bits per heavy atom. The number of nitrogens with zero attached hydrogens (tertiary/aromatic N) is 4. The van der Waals surface area contributed by atoms with E-state index in [1.807, 2.05) is 6.08 Å². The lowest BCUT2D eigenvalue weighted by Crippen LogP contribution is -2.28. The number of amidine groups is 1. The summed E-state index contributed by atoms with van der Waals surface area (Å²) in [7, 11) is 0. The zero-order valence-corrected chi connectivity index (χ0v) is 10.5. The lowest BCUT2D eigenvalue weighted by atomic mass is 10.4. The number of likely N-dealkylation sites (tertiary alicyclic amines) is 2. The van der Waals surface area contributed by atoms with E-state index in [0.717, 1.165) is 25.6 Å². The Hall–Kier alpha value is -1.16. The average molecular weight is 234 g/mol. The molecule has 2 saturated heterocycles. The minimum Gasteiger partial charge on any atom is -0.357 e. The lowest BCUT2D eigenvalue weighted by molar-refractivity contribution is 0.348. The molecule has 2 fully saturated rings. The molecule has 0 aromatic rings. The van der Waals surface area contributed by atoms with Gasteiger partial charge < -0.3 is 4.90 Å². The molecule has 0 amide bonds. The van der Waals surface area contributed by atoms with Crippen molar-refractivity contribution in [1.29, 1.82) is 0 Å². The second kappa shape index (κ2) is 6.55. The van der Waals surface area contributed by atoms with E-state index in [1.165, 1.54) is 38.8 Å². The fraction of sp³-hybridized carbons (Fsp3) is 0.692. The van der Waals surface area contributed by atoms with Crippen molar-refractivity contribution in [1.82, 2.24) is 9.80 Å². The molecular formula is C13H22N4. The van der Waals surface area contributed by atoms with Crippen LogP contribution in [0.1, 0.15) is 25.7 Å². The monoisotopic (exact) mass is 234 g/mol. The molecule has 2 rings (SSSR count). The van der Waals surface area contributed by atoms with Crippen molar-refractivity contribution in [3.05, 3.63) is 12.3 Å². The molecule has 0 aromatic carbocycles. The van der Waals surface area contributed by atoms with Crippen molar-refractivity contribution >= 4 is 12.6 Å². The minimum atomic E-state index is 0.827. The quantitative estimate of drug-likeness (QED) is 0.548. The molecule has 4 nitrogen and oxygen atoms in total. The van der Waals surface area contributed by atoms with E-state index >= 15 is 0 Å². The third-order valence-electron chi connectivity index (χ3n) is 3.39. The van der Waals surface area contributed by atoms with Gasteiger partial charge in [-0.15, -0.1) is 0 Å². The first-order chi connectivity index (χ1) is 8.40. The van der Waals surface area contributed by atoms with Gasteiger partial charge >= 0.3 is 0 Å². The molecule has 2 aliphatic heterocycles. The molecule has 0 aliphatic carbocycles. The Labute approximate surface area is 104 Å². The highest BCUT2D eigenvalue weighted by molar-refractivity contribution is 5.93. The van der Waals surface area contributed by atoms with Crippen LogP contribution in [0.5, 0.6) is 0 Å². The van der Waals surface area contributed by atoms with Crippen molar-refractivity contribution in [2.75, 3.05) is 32.8 Å². The summed E-state index contributed by atoms with van der Waals surface area (Å²) in [5, 5.41) is 0. The Morgan fingerprint density at radius 2 is 1.71 bits per heavy atom. The van der Waals surface area contributed by atoms with Crippen LogP contribution in [0.15, 0.2) is 22.3 Å². The van der Waals surface area contributed by atoms with E-state index in [0.29, 0.717) is 0 Å². The van der Waals surface area contributed by atoms with Gasteiger partial charge in [-0.1, -0.05) is 0 Å². The third kappa shape index (κ3) is 3.66. The Balaban J connectivity index is 1.94. The van der Waals surface area contributed by atoms with E-state index in [-0.39, 0.29) is 0 Å². The molecule has 0 atom stereocenters. The van der Waals surface area contributed by atoms with Crippen LogP contribution < -0.4 is 0 Å². The molecule has 0 spiro atoms. The van der Waals surface area contributed by atoms with Crippen LogP contribution >= 0.6 is 0 Å². The van der Waals surface area contributed by atoms with Gasteiger partial charge in [0.2, 0.25) is 0 Å². The van der Waals surface area contributed by atoms with E-state index in [1.54, 1.807) is 6.20 Å². The zero-order valence-electron chi connectivity index (χ0n) is 10.5. The molecule has 0 unspecified atom stereocenters. The molecule has 0 bridgehead atoms. The number of rotatable bonds is 4. The SMILES string of the molecule is C=N/C=C\C(=NCN1CCCC1)N1CCCC1. The summed E-state index contributed by atoms with van der Waals surface area (Å²) in [5.41, 5.74) is 0. The fourth-order valence-corrected chi connectivity index (χ4v) is 2.42. The van der Waals surface area contributed by atoms with Crippen molar-refractivity contribution in [2.24, 2.45) is 9.98 Å².